The first-order chi connectivity index (χ1) is 9.51. The van der Waals surface area contributed by atoms with Crippen molar-refractivity contribution in [3.05, 3.63) is 35.9 Å². The Labute approximate surface area is 118 Å². The van der Waals surface area contributed by atoms with E-state index in [1.165, 1.54) is 4.90 Å². The van der Waals surface area contributed by atoms with Gasteiger partial charge in [-0.3, -0.25) is 4.79 Å². The number of amides is 1. The lowest BCUT2D eigenvalue weighted by Crippen LogP contribution is -2.48. The van der Waals surface area contributed by atoms with Crippen molar-refractivity contribution in [3.8, 4) is 0 Å². The van der Waals surface area contributed by atoms with Gasteiger partial charge in [0.25, 0.3) is 0 Å². The zero-order valence-corrected chi connectivity index (χ0v) is 11.5. The first-order valence-electron chi connectivity index (χ1n) is 6.70. The molecular weight excluding hydrogens is 258 g/mol. The van der Waals surface area contributed by atoms with Crippen LogP contribution in [0, 0.1) is 5.41 Å². The zero-order valence-electron chi connectivity index (χ0n) is 11.5. The summed E-state index contributed by atoms with van der Waals surface area (Å²) in [6.45, 7) is 2.64. The molecule has 1 amide bonds. The molecule has 0 unspecified atom stereocenters. The summed E-state index contributed by atoms with van der Waals surface area (Å²) < 4.78 is 5.23. The number of piperidine rings is 1. The second kappa shape index (κ2) is 5.94. The fourth-order valence-corrected chi connectivity index (χ4v) is 2.38. The molecule has 1 N–H and O–H groups in total. The van der Waals surface area contributed by atoms with Crippen LogP contribution in [0.15, 0.2) is 30.3 Å². The second-order valence-corrected chi connectivity index (χ2v) is 5.43. The van der Waals surface area contributed by atoms with Gasteiger partial charge in [0.05, 0.1) is 5.41 Å². The number of carbonyl (C=O) groups excluding carboxylic acids is 1. The number of hydrogen-bond donors (Lipinski definition) is 1. The highest BCUT2D eigenvalue weighted by Crippen LogP contribution is 2.30. The third kappa shape index (κ3) is 3.29. The summed E-state index contributed by atoms with van der Waals surface area (Å²) >= 11 is 0. The van der Waals surface area contributed by atoms with Gasteiger partial charge in [-0.1, -0.05) is 30.3 Å². The van der Waals surface area contributed by atoms with Crippen LogP contribution in [0.2, 0.25) is 0 Å². The lowest BCUT2D eigenvalue weighted by atomic mass is 9.82. The summed E-state index contributed by atoms with van der Waals surface area (Å²) in [5.41, 5.74) is 0.0446. The minimum Gasteiger partial charge on any atom is -0.481 e. The minimum absolute atomic E-state index is 0.204. The Bertz CT molecular complexity index is 488. The molecule has 1 heterocycles. The monoisotopic (exact) mass is 277 g/mol. The smallest absolute Gasteiger partial charge is 0.410 e. The molecular formula is C15H19NO4. The van der Waals surface area contributed by atoms with Crippen LogP contribution in [0.1, 0.15) is 25.3 Å². The molecule has 0 saturated carbocycles. The molecule has 1 atom stereocenters. The van der Waals surface area contributed by atoms with Crippen molar-refractivity contribution in [2.75, 3.05) is 13.1 Å². The van der Waals surface area contributed by atoms with Gasteiger partial charge < -0.3 is 14.7 Å². The Morgan fingerprint density at radius 1 is 1.35 bits per heavy atom. The van der Waals surface area contributed by atoms with Gasteiger partial charge in [-0.05, 0) is 25.3 Å². The molecule has 0 spiro atoms. The number of rotatable bonds is 3. The van der Waals surface area contributed by atoms with E-state index >= 15 is 0 Å². The Kier molecular flexibility index (Phi) is 4.27. The third-order valence-electron chi connectivity index (χ3n) is 3.68. The van der Waals surface area contributed by atoms with E-state index in [9.17, 15) is 14.7 Å². The molecule has 0 bridgehead atoms. The summed E-state index contributed by atoms with van der Waals surface area (Å²) in [6, 6.07) is 9.42. The largest absolute Gasteiger partial charge is 0.481 e. The minimum atomic E-state index is -0.871. The topological polar surface area (TPSA) is 66.8 Å². The van der Waals surface area contributed by atoms with Gasteiger partial charge in [0, 0.05) is 13.1 Å². The Hall–Kier alpha value is -2.04. The van der Waals surface area contributed by atoms with Crippen LogP contribution >= 0.6 is 0 Å². The standard InChI is InChI=1S/C15H19NO4/c1-15(13(17)18)8-5-9-16(11-15)14(19)20-10-12-6-3-2-4-7-12/h2-4,6-7H,5,8-11H2,1H3,(H,17,18)/t15-/m1/s1. The molecule has 1 aliphatic heterocycles. The van der Waals surface area contributed by atoms with E-state index in [1.54, 1.807) is 6.92 Å². The average molecular weight is 277 g/mol. The third-order valence-corrected chi connectivity index (χ3v) is 3.68. The van der Waals surface area contributed by atoms with Crippen LogP contribution in [-0.2, 0) is 16.1 Å². The van der Waals surface area contributed by atoms with Crippen molar-refractivity contribution in [3.63, 3.8) is 0 Å². The van der Waals surface area contributed by atoms with Gasteiger partial charge in [-0.25, -0.2) is 4.79 Å². The van der Waals surface area contributed by atoms with E-state index in [2.05, 4.69) is 0 Å². The quantitative estimate of drug-likeness (QED) is 0.921. The number of carboxylic acid groups (broad SMARTS) is 1. The Morgan fingerprint density at radius 3 is 2.70 bits per heavy atom. The van der Waals surface area contributed by atoms with E-state index in [4.69, 9.17) is 4.74 Å². The van der Waals surface area contributed by atoms with E-state index in [-0.39, 0.29) is 13.2 Å². The van der Waals surface area contributed by atoms with E-state index in [0.29, 0.717) is 19.4 Å². The van der Waals surface area contributed by atoms with E-state index in [0.717, 1.165) is 5.56 Å². The maximum Gasteiger partial charge on any atom is 0.410 e. The number of ether oxygens (including phenoxy) is 1. The van der Waals surface area contributed by atoms with Crippen LogP contribution in [0.25, 0.3) is 0 Å². The van der Waals surface area contributed by atoms with Gasteiger partial charge in [-0.2, -0.15) is 0 Å². The van der Waals surface area contributed by atoms with E-state index < -0.39 is 17.5 Å². The van der Waals surface area contributed by atoms with Crippen LogP contribution in [0.4, 0.5) is 4.79 Å². The number of likely N-dealkylation sites (tertiary alicyclic amines) is 1. The molecule has 5 nitrogen and oxygen atoms in total. The SMILES string of the molecule is C[C@@]1(C(=O)O)CCCN(C(=O)OCc2ccccc2)C1. The number of carbonyl (C=O) groups is 2. The maximum atomic E-state index is 12.0. The number of hydrogen-bond acceptors (Lipinski definition) is 3. The highest BCUT2D eigenvalue weighted by atomic mass is 16.6. The fraction of sp³-hybridized carbons (Fsp3) is 0.467. The maximum absolute atomic E-state index is 12.0. The zero-order chi connectivity index (χ0) is 14.6. The van der Waals surface area contributed by atoms with Gasteiger partial charge in [0.15, 0.2) is 0 Å². The van der Waals surface area contributed by atoms with Crippen LogP contribution < -0.4 is 0 Å². The lowest BCUT2D eigenvalue weighted by Gasteiger charge is -2.36. The predicted octanol–water partition coefficient (Wildman–Crippen LogP) is 2.51. The Balaban J connectivity index is 1.91. The molecule has 108 valence electrons. The number of benzene rings is 1. The van der Waals surface area contributed by atoms with Gasteiger partial charge in [0.2, 0.25) is 0 Å². The molecule has 1 fully saturated rings. The van der Waals surface area contributed by atoms with Gasteiger partial charge in [-0.15, -0.1) is 0 Å². The average Bonchev–Trinajstić information content (AvgIpc) is 2.46. The summed E-state index contributed by atoms with van der Waals surface area (Å²) in [4.78, 5) is 24.7. The van der Waals surface area contributed by atoms with Crippen molar-refractivity contribution < 1.29 is 19.4 Å². The van der Waals surface area contributed by atoms with Crippen molar-refractivity contribution in [2.45, 2.75) is 26.4 Å². The molecule has 2 rings (SSSR count). The normalized spacial score (nSPS) is 22.4. The summed E-state index contributed by atoms with van der Waals surface area (Å²) in [5, 5.41) is 9.23. The summed E-state index contributed by atoms with van der Waals surface area (Å²) in [6.07, 6.45) is 0.828. The van der Waals surface area contributed by atoms with Gasteiger partial charge >= 0.3 is 12.1 Å². The molecule has 1 aliphatic rings. The first-order valence-corrected chi connectivity index (χ1v) is 6.70. The van der Waals surface area contributed by atoms with Gasteiger partial charge in [0.1, 0.15) is 6.61 Å². The number of carboxylic acids is 1. The number of aliphatic carboxylic acids is 1. The number of nitrogens with zero attached hydrogens (tertiary/aromatic N) is 1. The van der Waals surface area contributed by atoms with Crippen molar-refractivity contribution in [1.29, 1.82) is 0 Å². The van der Waals surface area contributed by atoms with Crippen LogP contribution in [-0.4, -0.2) is 35.2 Å². The fourth-order valence-electron chi connectivity index (χ4n) is 2.38. The molecule has 5 heteroatoms. The van der Waals surface area contributed by atoms with Crippen LogP contribution in [0.5, 0.6) is 0 Å². The first kappa shape index (κ1) is 14.4. The molecule has 0 aromatic heterocycles. The molecule has 1 aromatic rings. The van der Waals surface area contributed by atoms with Crippen LogP contribution in [0.3, 0.4) is 0 Å². The molecule has 0 radical (unpaired) electrons. The highest BCUT2D eigenvalue weighted by Gasteiger charge is 2.39. The molecule has 1 aromatic carbocycles. The summed E-state index contributed by atoms with van der Waals surface area (Å²) in [5.74, 6) is -0.863. The highest BCUT2D eigenvalue weighted by molar-refractivity contribution is 5.76. The van der Waals surface area contributed by atoms with Crippen molar-refractivity contribution >= 4 is 12.1 Å². The predicted molar refractivity (Wildman–Crippen MR) is 73.2 cm³/mol. The van der Waals surface area contributed by atoms with Crippen molar-refractivity contribution in [1.82, 2.24) is 4.90 Å². The lowest BCUT2D eigenvalue weighted by molar-refractivity contribution is -0.150. The summed E-state index contributed by atoms with van der Waals surface area (Å²) in [7, 11) is 0. The Morgan fingerprint density at radius 2 is 2.05 bits per heavy atom. The molecule has 0 aliphatic carbocycles. The molecule has 1 saturated heterocycles. The van der Waals surface area contributed by atoms with Crippen molar-refractivity contribution in [2.24, 2.45) is 5.41 Å². The second-order valence-electron chi connectivity index (χ2n) is 5.43. The van der Waals surface area contributed by atoms with E-state index in [1.807, 2.05) is 30.3 Å². The molecule has 20 heavy (non-hydrogen) atoms.